The molecule has 2 aromatic carbocycles. The van der Waals surface area contributed by atoms with Crippen LogP contribution in [0.4, 0.5) is 5.69 Å². The Morgan fingerprint density at radius 3 is 2.41 bits per heavy atom. The van der Waals surface area contributed by atoms with Crippen molar-refractivity contribution in [3.63, 3.8) is 0 Å². The molecule has 0 aliphatic carbocycles. The zero-order valence-corrected chi connectivity index (χ0v) is 20.7. The van der Waals surface area contributed by atoms with Crippen molar-refractivity contribution in [1.82, 2.24) is 15.2 Å². The van der Waals surface area contributed by atoms with E-state index in [2.05, 4.69) is 15.5 Å². The number of hydrogen-bond donors (Lipinski definition) is 2. The number of nitrogens with one attached hydrogen (secondary N) is 2. The second-order valence-corrected chi connectivity index (χ2v) is 8.83. The number of ether oxygens (including phenoxy) is 1. The third kappa shape index (κ3) is 7.00. The van der Waals surface area contributed by atoms with E-state index >= 15 is 0 Å². The van der Waals surface area contributed by atoms with Gasteiger partial charge < -0.3 is 20.3 Å². The average molecular weight is 498 g/mol. The number of halogens is 3. The lowest BCUT2D eigenvalue weighted by atomic mass is 10.1. The summed E-state index contributed by atoms with van der Waals surface area (Å²) in [5, 5.41) is 9.94. The molecule has 3 aromatic rings. The zero-order chi connectivity index (χ0) is 22.8. The Morgan fingerprint density at radius 2 is 1.66 bits per heavy atom. The highest BCUT2D eigenvalue weighted by Crippen LogP contribution is 2.34. The Balaban J connectivity index is 1.56. The van der Waals surface area contributed by atoms with E-state index in [-0.39, 0.29) is 0 Å². The normalized spacial score (nSPS) is 11.5. The van der Waals surface area contributed by atoms with Crippen molar-refractivity contribution >= 4 is 62.3 Å². The van der Waals surface area contributed by atoms with E-state index in [9.17, 15) is 0 Å². The van der Waals surface area contributed by atoms with Gasteiger partial charge in [0.2, 0.25) is 0 Å². The van der Waals surface area contributed by atoms with E-state index in [1.807, 2.05) is 36.4 Å². The van der Waals surface area contributed by atoms with Crippen LogP contribution < -0.4 is 15.4 Å². The maximum absolute atomic E-state index is 6.21. The van der Waals surface area contributed by atoms with E-state index in [0.717, 1.165) is 85.4 Å². The van der Waals surface area contributed by atoms with E-state index in [4.69, 9.17) is 44.5 Å². The minimum atomic E-state index is 0.645. The molecule has 32 heavy (non-hydrogen) atoms. The number of hydrogen-bond acceptors (Lipinski definition) is 5. The number of pyridine rings is 1. The summed E-state index contributed by atoms with van der Waals surface area (Å²) < 4.78 is 5.43. The summed E-state index contributed by atoms with van der Waals surface area (Å²) in [4.78, 5) is 7.09. The SMILES string of the molecule is COc1ccc2nc3cc(Cl)ccc3c(NCCCNCCCN(CCCl)CCCl)c2c1. The van der Waals surface area contributed by atoms with Gasteiger partial charge in [-0.05, 0) is 68.9 Å². The van der Waals surface area contributed by atoms with Crippen LogP contribution in [0.5, 0.6) is 5.75 Å². The van der Waals surface area contributed by atoms with Crippen molar-refractivity contribution in [3.8, 4) is 5.75 Å². The standard InChI is InChI=1S/C24H31Cl3N4O/c1-32-19-5-7-22-21(17-19)24(20-6-4-18(27)16-23(20)30-22)29-12-2-10-28-11-3-13-31(14-8-25)15-9-26/h4-7,16-17,28H,2-3,8-15H2,1H3,(H,29,30). The number of alkyl halides is 2. The first-order valence-corrected chi connectivity index (χ1v) is 12.5. The third-order valence-electron chi connectivity index (χ3n) is 5.40. The molecule has 1 heterocycles. The van der Waals surface area contributed by atoms with Crippen molar-refractivity contribution in [2.24, 2.45) is 0 Å². The Morgan fingerprint density at radius 1 is 0.875 bits per heavy atom. The fraction of sp³-hybridized carbons (Fsp3) is 0.458. The lowest BCUT2D eigenvalue weighted by Gasteiger charge is -2.19. The quantitative estimate of drug-likeness (QED) is 0.172. The molecule has 0 atom stereocenters. The maximum atomic E-state index is 6.21. The fourth-order valence-corrected chi connectivity index (χ4v) is 4.41. The molecule has 8 heteroatoms. The smallest absolute Gasteiger partial charge is 0.119 e. The van der Waals surface area contributed by atoms with Gasteiger partial charge in [0.05, 0.1) is 23.8 Å². The topological polar surface area (TPSA) is 49.4 Å². The lowest BCUT2D eigenvalue weighted by molar-refractivity contribution is 0.301. The molecule has 174 valence electrons. The minimum absolute atomic E-state index is 0.645. The number of rotatable bonds is 14. The van der Waals surface area contributed by atoms with E-state index < -0.39 is 0 Å². The fourth-order valence-electron chi connectivity index (χ4n) is 3.77. The summed E-state index contributed by atoms with van der Waals surface area (Å²) in [6, 6.07) is 11.8. The number of methoxy groups -OCH3 is 1. The van der Waals surface area contributed by atoms with Gasteiger partial charge in [0, 0.05) is 47.2 Å². The van der Waals surface area contributed by atoms with Crippen molar-refractivity contribution in [2.75, 3.05) is 63.5 Å². The molecule has 0 aliphatic heterocycles. The van der Waals surface area contributed by atoms with Gasteiger partial charge >= 0.3 is 0 Å². The minimum Gasteiger partial charge on any atom is -0.497 e. The second kappa shape index (κ2) is 13.3. The second-order valence-electron chi connectivity index (χ2n) is 7.63. The predicted molar refractivity (Wildman–Crippen MR) is 139 cm³/mol. The van der Waals surface area contributed by atoms with E-state index in [1.165, 1.54) is 0 Å². The Bertz CT molecular complexity index is 996. The molecular weight excluding hydrogens is 467 g/mol. The van der Waals surface area contributed by atoms with Crippen molar-refractivity contribution < 1.29 is 4.74 Å². The molecule has 5 nitrogen and oxygen atoms in total. The molecule has 0 unspecified atom stereocenters. The molecule has 0 bridgehead atoms. The molecular formula is C24H31Cl3N4O. The van der Waals surface area contributed by atoms with Gasteiger partial charge in [-0.3, -0.25) is 0 Å². The summed E-state index contributed by atoms with van der Waals surface area (Å²) in [6.45, 7) is 5.59. The number of fused-ring (bicyclic) bond motifs is 2. The van der Waals surface area contributed by atoms with Crippen molar-refractivity contribution in [1.29, 1.82) is 0 Å². The van der Waals surface area contributed by atoms with Crippen molar-refractivity contribution in [2.45, 2.75) is 12.8 Å². The van der Waals surface area contributed by atoms with Gasteiger partial charge in [0.1, 0.15) is 5.75 Å². The van der Waals surface area contributed by atoms with Crippen LogP contribution in [0.1, 0.15) is 12.8 Å². The summed E-state index contributed by atoms with van der Waals surface area (Å²) in [7, 11) is 1.68. The molecule has 0 saturated heterocycles. The molecule has 0 radical (unpaired) electrons. The predicted octanol–water partition coefficient (Wildman–Crippen LogP) is 5.61. The summed E-state index contributed by atoms with van der Waals surface area (Å²) in [6.07, 6.45) is 2.09. The molecule has 0 fully saturated rings. The van der Waals surface area contributed by atoms with Gasteiger partial charge in [0.15, 0.2) is 0 Å². The van der Waals surface area contributed by atoms with Gasteiger partial charge in [0.25, 0.3) is 0 Å². The third-order valence-corrected chi connectivity index (χ3v) is 5.98. The largest absolute Gasteiger partial charge is 0.497 e. The highest BCUT2D eigenvalue weighted by molar-refractivity contribution is 6.31. The average Bonchev–Trinajstić information content (AvgIpc) is 2.79. The molecule has 1 aromatic heterocycles. The van der Waals surface area contributed by atoms with Crippen LogP contribution >= 0.6 is 34.8 Å². The van der Waals surface area contributed by atoms with Crippen LogP contribution in [0, 0.1) is 0 Å². The van der Waals surface area contributed by atoms with E-state index in [0.29, 0.717) is 16.8 Å². The lowest BCUT2D eigenvalue weighted by Crippen LogP contribution is -2.31. The first-order valence-electron chi connectivity index (χ1n) is 11.0. The van der Waals surface area contributed by atoms with Crippen LogP contribution in [0.3, 0.4) is 0 Å². The van der Waals surface area contributed by atoms with Crippen molar-refractivity contribution in [3.05, 3.63) is 41.4 Å². The highest BCUT2D eigenvalue weighted by atomic mass is 35.5. The van der Waals surface area contributed by atoms with Crippen LogP contribution in [0.15, 0.2) is 36.4 Å². The molecule has 2 N–H and O–H groups in total. The number of nitrogens with zero attached hydrogens (tertiary/aromatic N) is 2. The van der Waals surface area contributed by atoms with Gasteiger partial charge in [-0.1, -0.05) is 11.6 Å². The van der Waals surface area contributed by atoms with Crippen LogP contribution in [0.25, 0.3) is 21.8 Å². The maximum Gasteiger partial charge on any atom is 0.119 e. The van der Waals surface area contributed by atoms with Gasteiger partial charge in [-0.15, -0.1) is 23.2 Å². The first-order chi connectivity index (χ1) is 15.7. The molecule has 0 aliphatic rings. The molecule has 0 saturated carbocycles. The van der Waals surface area contributed by atoms with Gasteiger partial charge in [-0.2, -0.15) is 0 Å². The van der Waals surface area contributed by atoms with Gasteiger partial charge in [-0.25, -0.2) is 4.98 Å². The summed E-state index contributed by atoms with van der Waals surface area (Å²) in [5.41, 5.74) is 2.87. The highest BCUT2D eigenvalue weighted by Gasteiger charge is 2.11. The van der Waals surface area contributed by atoms with Crippen LogP contribution in [-0.2, 0) is 0 Å². The molecule has 0 amide bonds. The monoisotopic (exact) mass is 496 g/mol. The molecule has 3 rings (SSSR count). The molecule has 0 spiro atoms. The first kappa shape index (κ1) is 25.1. The Hall–Kier alpha value is -1.50. The Labute approximate surface area is 205 Å². The summed E-state index contributed by atoms with van der Waals surface area (Å²) >= 11 is 17.9. The van der Waals surface area contributed by atoms with Crippen LogP contribution in [0.2, 0.25) is 5.02 Å². The number of benzene rings is 2. The Kier molecular flexibility index (Phi) is 10.4. The zero-order valence-electron chi connectivity index (χ0n) is 18.5. The number of aromatic nitrogens is 1. The number of anilines is 1. The van der Waals surface area contributed by atoms with Crippen LogP contribution in [-0.4, -0.2) is 68.0 Å². The van der Waals surface area contributed by atoms with E-state index in [1.54, 1.807) is 7.11 Å². The summed E-state index contributed by atoms with van der Waals surface area (Å²) in [5.74, 6) is 2.11.